The number of rotatable bonds is 1. The summed E-state index contributed by atoms with van der Waals surface area (Å²) in [7, 11) is 2.38. The maximum atomic E-state index is 12.1. The van der Waals surface area contributed by atoms with E-state index in [4.69, 9.17) is 4.74 Å². The van der Waals surface area contributed by atoms with Gasteiger partial charge in [0.05, 0.1) is 11.7 Å². The molecule has 1 aliphatic rings. The molecule has 22 heavy (non-hydrogen) atoms. The minimum Gasteiger partial charge on any atom is -0.860 e. The van der Waals surface area contributed by atoms with Crippen molar-refractivity contribution in [2.24, 2.45) is 14.1 Å². The first-order valence-electron chi connectivity index (χ1n) is 6.35. The third-order valence-electron chi connectivity index (χ3n) is 3.78. The molecule has 118 valence electrons. The third-order valence-corrected chi connectivity index (χ3v) is 3.78. The Morgan fingerprint density at radius 2 is 1.59 bits per heavy atom. The molecule has 1 aromatic heterocycles. The van der Waals surface area contributed by atoms with E-state index in [1.165, 1.54) is 21.0 Å². The van der Waals surface area contributed by atoms with Gasteiger partial charge < -0.3 is 29.7 Å². The molecule has 0 radical (unpaired) electrons. The van der Waals surface area contributed by atoms with Crippen molar-refractivity contribution in [2.75, 3.05) is 0 Å². The number of hydrogen-bond acceptors (Lipinski definition) is 7. The summed E-state index contributed by atoms with van der Waals surface area (Å²) < 4.78 is 6.72. The Bertz CT molecular complexity index is 671. The zero-order chi connectivity index (χ0) is 16.1. The van der Waals surface area contributed by atoms with Crippen LogP contribution in [0.1, 0.15) is 18.6 Å². The van der Waals surface area contributed by atoms with Gasteiger partial charge in [0.1, 0.15) is 24.4 Å². The van der Waals surface area contributed by atoms with Gasteiger partial charge in [-0.3, -0.25) is 9.36 Å². The van der Waals surface area contributed by atoms with Gasteiger partial charge in [-0.25, -0.2) is 4.79 Å². The largest absolute Gasteiger partial charge is 1.00 e. The van der Waals surface area contributed by atoms with Gasteiger partial charge in [0.25, 0.3) is 5.56 Å². The maximum absolute atomic E-state index is 12.1. The van der Waals surface area contributed by atoms with Crippen molar-refractivity contribution < 1.29 is 54.7 Å². The smallest absolute Gasteiger partial charge is 0.860 e. The van der Waals surface area contributed by atoms with E-state index in [0.717, 1.165) is 9.13 Å². The normalized spacial score (nSPS) is 31.6. The van der Waals surface area contributed by atoms with Crippen LogP contribution in [0.25, 0.3) is 0 Å². The second kappa shape index (κ2) is 6.83. The Balaban J connectivity index is 0.00000242. The molecule has 0 amide bonds. The van der Waals surface area contributed by atoms with Crippen LogP contribution >= 0.6 is 0 Å². The first kappa shape index (κ1) is 19.4. The van der Waals surface area contributed by atoms with Crippen LogP contribution in [-0.2, 0) is 18.8 Å². The van der Waals surface area contributed by atoms with E-state index < -0.39 is 53.2 Å². The second-order valence-corrected chi connectivity index (χ2v) is 5.16. The summed E-state index contributed by atoms with van der Waals surface area (Å²) in [6.45, 7) is 1.43. The summed E-state index contributed by atoms with van der Waals surface area (Å²) in [4.78, 5) is 23.8. The van der Waals surface area contributed by atoms with E-state index in [-0.39, 0.29) is 29.6 Å². The average molecular weight is 324 g/mol. The van der Waals surface area contributed by atoms with Crippen molar-refractivity contribution in [1.82, 2.24) is 9.13 Å². The molecule has 3 N–H and O–H groups in total. The first-order chi connectivity index (χ1) is 9.68. The SMILES string of the molecule is C[C@H]1O[C@@H](c2c([O-])n(C)c(=O)n(C)c2=O)[C@H](O)[C@@H](O)[C@H]1O.[Na+]. The van der Waals surface area contributed by atoms with E-state index in [0.29, 0.717) is 0 Å². The summed E-state index contributed by atoms with van der Waals surface area (Å²) in [6.07, 6.45) is -6.89. The van der Waals surface area contributed by atoms with Crippen LogP contribution in [0.5, 0.6) is 5.88 Å². The molecule has 0 spiro atoms. The van der Waals surface area contributed by atoms with E-state index in [1.807, 2.05) is 0 Å². The molecule has 1 aromatic rings. The Kier molecular flexibility index (Phi) is 6.01. The summed E-state index contributed by atoms with van der Waals surface area (Å²) in [5, 5.41) is 41.5. The van der Waals surface area contributed by atoms with Crippen LogP contribution in [0.15, 0.2) is 9.59 Å². The van der Waals surface area contributed by atoms with Crippen LogP contribution in [0, 0.1) is 0 Å². The molecule has 0 aromatic carbocycles. The monoisotopic (exact) mass is 324 g/mol. The fraction of sp³-hybridized carbons (Fsp3) is 0.667. The summed E-state index contributed by atoms with van der Waals surface area (Å²) in [5.74, 6) is -0.900. The van der Waals surface area contributed by atoms with Gasteiger partial charge in [-0.1, -0.05) is 0 Å². The predicted molar refractivity (Wildman–Crippen MR) is 67.7 cm³/mol. The molecule has 1 saturated heterocycles. The minimum atomic E-state index is -1.66. The molecular weight excluding hydrogens is 307 g/mol. The van der Waals surface area contributed by atoms with Gasteiger partial charge in [0, 0.05) is 14.1 Å². The first-order valence-corrected chi connectivity index (χ1v) is 6.35. The standard InChI is InChI=1S/C12H18N2O7.Na/c1-4-6(15)7(16)8(17)9(21-4)5-10(18)13(2)12(20)14(3)11(5)19;/h4,6-9,15-18H,1-3H3;/q;+1/p-1/t4-,6+,7+,8-,9+;/m1./s1. The van der Waals surface area contributed by atoms with Crippen LogP contribution in [0.2, 0.25) is 0 Å². The van der Waals surface area contributed by atoms with Crippen molar-refractivity contribution in [1.29, 1.82) is 0 Å². The van der Waals surface area contributed by atoms with E-state index in [2.05, 4.69) is 0 Å². The predicted octanol–water partition coefficient (Wildman–Crippen LogP) is -6.30. The maximum Gasteiger partial charge on any atom is 1.00 e. The summed E-state index contributed by atoms with van der Waals surface area (Å²) in [5.41, 5.74) is -2.15. The molecular formula is C12H17N2NaO7. The Morgan fingerprint density at radius 3 is 2.14 bits per heavy atom. The van der Waals surface area contributed by atoms with Crippen LogP contribution in [0.3, 0.4) is 0 Å². The molecule has 2 heterocycles. The van der Waals surface area contributed by atoms with Gasteiger partial charge in [0.2, 0.25) is 0 Å². The van der Waals surface area contributed by atoms with Gasteiger partial charge in [-0.2, -0.15) is 0 Å². The number of aliphatic hydroxyl groups excluding tert-OH is 3. The number of aliphatic hydroxyl groups is 3. The van der Waals surface area contributed by atoms with Crippen molar-refractivity contribution >= 4 is 0 Å². The molecule has 1 fully saturated rings. The van der Waals surface area contributed by atoms with Gasteiger partial charge in [0.15, 0.2) is 0 Å². The Labute approximate surface area is 147 Å². The fourth-order valence-corrected chi connectivity index (χ4v) is 2.38. The molecule has 0 unspecified atom stereocenters. The molecule has 5 atom stereocenters. The molecule has 10 heteroatoms. The molecule has 9 nitrogen and oxygen atoms in total. The van der Waals surface area contributed by atoms with Crippen molar-refractivity contribution in [2.45, 2.75) is 37.4 Å². The second-order valence-electron chi connectivity index (χ2n) is 5.16. The molecule has 0 bridgehead atoms. The van der Waals surface area contributed by atoms with Gasteiger partial charge in [-0.15, -0.1) is 0 Å². The molecule has 2 rings (SSSR count). The van der Waals surface area contributed by atoms with Gasteiger partial charge in [-0.05, 0) is 12.8 Å². The average Bonchev–Trinajstić information content (AvgIpc) is 2.46. The number of hydrogen-bond donors (Lipinski definition) is 3. The van der Waals surface area contributed by atoms with Crippen molar-refractivity contribution in [3.63, 3.8) is 0 Å². The number of aromatic nitrogens is 2. The quantitative estimate of drug-likeness (QED) is 0.437. The Hall–Kier alpha value is -0.680. The Morgan fingerprint density at radius 1 is 1.05 bits per heavy atom. The summed E-state index contributed by atoms with van der Waals surface area (Å²) in [6, 6.07) is 0. The van der Waals surface area contributed by atoms with Crippen molar-refractivity contribution in [3.8, 4) is 5.88 Å². The zero-order valence-corrected chi connectivity index (χ0v) is 14.8. The molecule has 0 saturated carbocycles. The van der Waals surface area contributed by atoms with Crippen molar-refractivity contribution in [3.05, 3.63) is 26.4 Å². The molecule has 1 aliphatic heterocycles. The summed E-state index contributed by atoms with van der Waals surface area (Å²) >= 11 is 0. The van der Waals surface area contributed by atoms with E-state index in [9.17, 15) is 30.0 Å². The van der Waals surface area contributed by atoms with E-state index in [1.54, 1.807) is 0 Å². The van der Waals surface area contributed by atoms with Crippen LogP contribution in [-0.4, -0.2) is 48.9 Å². The zero-order valence-electron chi connectivity index (χ0n) is 12.8. The number of nitrogens with zero attached hydrogens (tertiary/aromatic N) is 2. The van der Waals surface area contributed by atoms with Crippen LogP contribution < -0.4 is 45.9 Å². The fourth-order valence-electron chi connectivity index (χ4n) is 2.38. The molecule has 0 aliphatic carbocycles. The number of ether oxygens (including phenoxy) is 1. The van der Waals surface area contributed by atoms with E-state index >= 15 is 0 Å². The third kappa shape index (κ3) is 2.90. The topological polar surface area (TPSA) is 137 Å². The minimum absolute atomic E-state index is 0. The van der Waals surface area contributed by atoms with Crippen LogP contribution in [0.4, 0.5) is 0 Å². The van der Waals surface area contributed by atoms with Gasteiger partial charge >= 0.3 is 35.2 Å².